The van der Waals surface area contributed by atoms with Gasteiger partial charge < -0.3 is 4.74 Å². The Labute approximate surface area is 302 Å². The Balaban J connectivity index is 1.08. The molecule has 7 aromatic carbocycles. The van der Waals surface area contributed by atoms with E-state index in [9.17, 15) is 0 Å². The molecule has 1 aliphatic carbocycles. The maximum atomic E-state index is 6.64. The highest BCUT2D eigenvalue weighted by atomic mass is 16.5. The molecule has 0 saturated carbocycles. The third kappa shape index (κ3) is 5.11. The van der Waals surface area contributed by atoms with Gasteiger partial charge in [-0.1, -0.05) is 171 Å². The molecule has 52 heavy (non-hydrogen) atoms. The number of hydrogen-bond donors (Lipinski definition) is 0. The number of benzene rings is 7. The van der Waals surface area contributed by atoms with Gasteiger partial charge in [-0.15, -0.1) is 0 Å². The van der Waals surface area contributed by atoms with Crippen LogP contribution < -0.4 is 15.2 Å². The molecule has 0 radical (unpaired) electrons. The van der Waals surface area contributed by atoms with Crippen LogP contribution in [0, 0.1) is 5.92 Å². The van der Waals surface area contributed by atoms with Gasteiger partial charge in [-0.05, 0) is 49.5 Å². The summed E-state index contributed by atoms with van der Waals surface area (Å²) in [6, 6.07) is 57.2. The van der Waals surface area contributed by atoms with Gasteiger partial charge in [0.05, 0.1) is 0 Å². The smallest absolute Gasteiger partial charge is 0.165 e. The molecule has 1 aliphatic heterocycles. The van der Waals surface area contributed by atoms with Crippen molar-refractivity contribution in [3.63, 3.8) is 0 Å². The van der Waals surface area contributed by atoms with Crippen molar-refractivity contribution in [3.05, 3.63) is 180 Å². The molecule has 0 bridgehead atoms. The summed E-state index contributed by atoms with van der Waals surface area (Å²) in [4.78, 5) is 15.2. The first kappa shape index (κ1) is 30.2. The molecule has 246 valence electrons. The van der Waals surface area contributed by atoms with Crippen LogP contribution >= 0.6 is 0 Å². The zero-order valence-electron chi connectivity index (χ0n) is 28.6. The van der Waals surface area contributed by atoms with E-state index in [0.29, 0.717) is 23.4 Å². The summed E-state index contributed by atoms with van der Waals surface area (Å²) < 4.78 is 6.64. The van der Waals surface area contributed by atoms with Crippen LogP contribution in [-0.2, 0) is 0 Å². The Bertz CT molecular complexity index is 2720. The number of nitrogens with zero attached hydrogens (tertiary/aromatic N) is 3. The van der Waals surface area contributed by atoms with Gasteiger partial charge in [0, 0.05) is 33.7 Å². The average molecular weight is 668 g/mol. The van der Waals surface area contributed by atoms with E-state index >= 15 is 0 Å². The monoisotopic (exact) mass is 667 g/mol. The van der Waals surface area contributed by atoms with E-state index in [1.165, 1.54) is 21.6 Å². The molecule has 0 N–H and O–H groups in total. The molecular weight excluding hydrogens is 635 g/mol. The third-order valence-corrected chi connectivity index (χ3v) is 10.4. The van der Waals surface area contributed by atoms with Gasteiger partial charge in [-0.25, -0.2) is 15.0 Å². The second-order valence-electron chi connectivity index (χ2n) is 13.6. The van der Waals surface area contributed by atoms with E-state index in [0.717, 1.165) is 55.5 Å². The summed E-state index contributed by atoms with van der Waals surface area (Å²) in [6.45, 7) is 2.25. The highest BCUT2D eigenvalue weighted by Crippen LogP contribution is 2.43. The maximum Gasteiger partial charge on any atom is 0.165 e. The van der Waals surface area contributed by atoms with Crippen molar-refractivity contribution >= 4 is 22.4 Å². The van der Waals surface area contributed by atoms with Crippen molar-refractivity contribution < 1.29 is 4.74 Å². The van der Waals surface area contributed by atoms with E-state index in [4.69, 9.17) is 19.7 Å². The molecule has 2 heterocycles. The summed E-state index contributed by atoms with van der Waals surface area (Å²) in [6.07, 6.45) is 2.37. The topological polar surface area (TPSA) is 47.9 Å². The summed E-state index contributed by atoms with van der Waals surface area (Å²) in [7, 11) is 0. The van der Waals surface area contributed by atoms with Gasteiger partial charge in [0.25, 0.3) is 0 Å². The van der Waals surface area contributed by atoms with Crippen molar-refractivity contribution in [3.8, 4) is 62.2 Å². The van der Waals surface area contributed by atoms with Crippen LogP contribution in [0.25, 0.3) is 78.8 Å². The van der Waals surface area contributed by atoms with E-state index in [2.05, 4.69) is 116 Å². The van der Waals surface area contributed by atoms with Crippen molar-refractivity contribution in [2.24, 2.45) is 5.92 Å². The van der Waals surface area contributed by atoms with E-state index in [-0.39, 0.29) is 6.10 Å². The van der Waals surface area contributed by atoms with Crippen LogP contribution in [-0.4, -0.2) is 21.1 Å². The highest BCUT2D eigenvalue weighted by molar-refractivity contribution is 6.03. The number of ether oxygens (including phenoxy) is 1. The average Bonchev–Trinajstić information content (AvgIpc) is 3.61. The molecule has 0 saturated heterocycles. The zero-order valence-corrected chi connectivity index (χ0v) is 28.6. The molecule has 2 unspecified atom stereocenters. The van der Waals surface area contributed by atoms with Crippen LogP contribution in [0.2, 0.25) is 0 Å². The van der Waals surface area contributed by atoms with Gasteiger partial charge in [-0.2, -0.15) is 0 Å². The quantitative estimate of drug-likeness (QED) is 0.183. The Morgan fingerprint density at radius 2 is 1.08 bits per heavy atom. The van der Waals surface area contributed by atoms with Crippen LogP contribution in [0.3, 0.4) is 0 Å². The second-order valence-corrected chi connectivity index (χ2v) is 13.6. The minimum atomic E-state index is 0.0362. The first-order valence-corrected chi connectivity index (χ1v) is 17.8. The second kappa shape index (κ2) is 12.3. The van der Waals surface area contributed by atoms with Crippen LogP contribution in [0.1, 0.15) is 12.5 Å². The Morgan fingerprint density at radius 1 is 0.481 bits per heavy atom. The van der Waals surface area contributed by atoms with Crippen molar-refractivity contribution in [2.45, 2.75) is 13.0 Å². The fourth-order valence-corrected chi connectivity index (χ4v) is 7.81. The third-order valence-electron chi connectivity index (χ3n) is 10.4. The van der Waals surface area contributed by atoms with E-state index in [1.807, 2.05) is 60.7 Å². The molecule has 2 aliphatic rings. The highest BCUT2D eigenvalue weighted by Gasteiger charge is 2.34. The van der Waals surface area contributed by atoms with Crippen LogP contribution in [0.5, 0.6) is 5.75 Å². The minimum Gasteiger partial charge on any atom is -0.484 e. The number of fused-ring (bicyclic) bond motifs is 5. The maximum absolute atomic E-state index is 6.64. The van der Waals surface area contributed by atoms with E-state index < -0.39 is 0 Å². The summed E-state index contributed by atoms with van der Waals surface area (Å²) >= 11 is 0. The molecule has 0 spiro atoms. The van der Waals surface area contributed by atoms with Crippen molar-refractivity contribution in [1.29, 1.82) is 0 Å². The van der Waals surface area contributed by atoms with Gasteiger partial charge >= 0.3 is 0 Å². The molecule has 8 aromatic rings. The Kier molecular flexibility index (Phi) is 7.14. The predicted octanol–water partition coefficient (Wildman–Crippen LogP) is 9.75. The summed E-state index contributed by atoms with van der Waals surface area (Å²) in [5.74, 6) is 3.19. The Morgan fingerprint density at radius 3 is 1.83 bits per heavy atom. The lowest BCUT2D eigenvalue weighted by atomic mass is 9.86. The van der Waals surface area contributed by atoms with E-state index in [1.54, 1.807) is 0 Å². The summed E-state index contributed by atoms with van der Waals surface area (Å²) in [5.41, 5.74) is 9.80. The lowest BCUT2D eigenvalue weighted by molar-refractivity contribution is 0.242. The molecule has 1 aromatic heterocycles. The largest absolute Gasteiger partial charge is 0.484 e. The number of aromatic nitrogens is 3. The van der Waals surface area contributed by atoms with Crippen molar-refractivity contribution in [2.75, 3.05) is 0 Å². The SMILES string of the molecule is CC1C=c2ccccc2=C2c3ccc(-c4ccc(-c5ccc6ccccc6c5-c5nc(-c6ccccc6)nc(-c6ccccc6)n5)cc4)cc3OC21. The minimum absolute atomic E-state index is 0.0362. The van der Waals surface area contributed by atoms with Gasteiger partial charge in [0.15, 0.2) is 17.5 Å². The van der Waals surface area contributed by atoms with Crippen molar-refractivity contribution in [1.82, 2.24) is 15.0 Å². The Hall–Kier alpha value is -6.65. The molecule has 4 heteroatoms. The first-order valence-electron chi connectivity index (χ1n) is 17.8. The molecular formula is C48H33N3O. The molecule has 10 rings (SSSR count). The van der Waals surface area contributed by atoms with Gasteiger partial charge in [0.2, 0.25) is 0 Å². The fraction of sp³-hybridized carbons (Fsp3) is 0.0625. The van der Waals surface area contributed by atoms with Gasteiger partial charge in [-0.3, -0.25) is 0 Å². The predicted molar refractivity (Wildman–Crippen MR) is 211 cm³/mol. The summed E-state index contributed by atoms with van der Waals surface area (Å²) in [5, 5.41) is 4.79. The molecule has 4 nitrogen and oxygen atoms in total. The lowest BCUT2D eigenvalue weighted by Crippen LogP contribution is -2.38. The molecule has 0 amide bonds. The molecule has 0 fully saturated rings. The number of rotatable bonds is 5. The zero-order chi connectivity index (χ0) is 34.6. The standard InChI is InChI=1S/C48H33N3O/c1-30-28-37-17-9-11-19-39(37)43-41-27-25-36(29-42(41)52-45(30)43)31-20-22-33(23-21-31)40-26-24-32-12-8-10-18-38(32)44(40)48-50-46(34-13-4-2-5-14-34)49-47(51-48)35-15-6-3-7-16-35/h2-30,45H,1H3. The van der Waals surface area contributed by atoms with Crippen LogP contribution in [0.15, 0.2) is 164 Å². The number of hydrogen-bond acceptors (Lipinski definition) is 4. The van der Waals surface area contributed by atoms with Crippen LogP contribution in [0.4, 0.5) is 0 Å². The fourth-order valence-electron chi connectivity index (χ4n) is 7.81. The molecule has 2 atom stereocenters. The van der Waals surface area contributed by atoms with Gasteiger partial charge in [0.1, 0.15) is 11.9 Å². The normalized spacial score (nSPS) is 15.7. The first-order chi connectivity index (χ1) is 25.7. The lowest BCUT2D eigenvalue weighted by Gasteiger charge is -2.21.